The number of carboxylic acids is 1. The van der Waals surface area contributed by atoms with Crippen molar-refractivity contribution in [1.82, 2.24) is 4.72 Å². The molecule has 0 bridgehead atoms. The second kappa shape index (κ2) is 6.09. The molecule has 3 N–H and O–H groups in total. The van der Waals surface area contributed by atoms with Crippen LogP contribution >= 0.6 is 0 Å². The van der Waals surface area contributed by atoms with Crippen molar-refractivity contribution < 1.29 is 27.8 Å². The van der Waals surface area contributed by atoms with Crippen LogP contribution in [0, 0.1) is 11.7 Å². The second-order valence-corrected chi connectivity index (χ2v) is 5.83. The van der Waals surface area contributed by atoms with Crippen LogP contribution < -0.4 is 4.72 Å². The van der Waals surface area contributed by atoms with E-state index in [1.54, 1.807) is 6.92 Å². The van der Waals surface area contributed by atoms with Crippen molar-refractivity contribution in [3.63, 3.8) is 0 Å². The first kappa shape index (κ1) is 15.5. The van der Waals surface area contributed by atoms with Crippen molar-refractivity contribution in [2.45, 2.75) is 11.8 Å². The summed E-state index contributed by atoms with van der Waals surface area (Å²) in [5.74, 6) is -2.71. The number of carboxylic acid groups (broad SMARTS) is 1. The molecule has 0 fully saturated rings. The first-order valence-electron chi connectivity index (χ1n) is 5.41. The normalized spacial score (nSPS) is 13.2. The number of aliphatic hydroxyl groups excluding tert-OH is 1. The molecule has 0 aliphatic heterocycles. The van der Waals surface area contributed by atoms with E-state index in [9.17, 15) is 17.6 Å². The molecule has 0 aromatic heterocycles. The average Bonchev–Trinajstić information content (AvgIpc) is 2.36. The maximum atomic E-state index is 13.5. The standard InChI is InChI=1S/C11H14FNO5S/c1-7(6-14)5-13-19(17,18)10-4-8(11(15)16)2-3-9(10)12/h2-4,7,13-14H,5-6H2,1H3,(H,15,16). The van der Waals surface area contributed by atoms with Gasteiger partial charge in [-0.1, -0.05) is 6.92 Å². The summed E-state index contributed by atoms with van der Waals surface area (Å²) in [4.78, 5) is 10.0. The fourth-order valence-corrected chi connectivity index (χ4v) is 2.50. The van der Waals surface area contributed by atoms with Crippen molar-refractivity contribution in [3.8, 4) is 0 Å². The van der Waals surface area contributed by atoms with Crippen LogP contribution in [0.1, 0.15) is 17.3 Å². The Balaban J connectivity index is 3.06. The lowest BCUT2D eigenvalue weighted by Gasteiger charge is -2.11. The molecule has 0 heterocycles. The number of aliphatic hydroxyl groups is 1. The topological polar surface area (TPSA) is 104 Å². The first-order valence-corrected chi connectivity index (χ1v) is 6.89. The number of aromatic carboxylic acids is 1. The molecule has 0 aliphatic rings. The third-order valence-corrected chi connectivity index (χ3v) is 3.84. The number of benzene rings is 1. The molecule has 0 aliphatic carbocycles. The molecule has 1 aromatic rings. The molecule has 19 heavy (non-hydrogen) atoms. The third kappa shape index (κ3) is 3.98. The van der Waals surface area contributed by atoms with Crippen LogP contribution in [-0.4, -0.2) is 37.8 Å². The minimum Gasteiger partial charge on any atom is -0.478 e. The van der Waals surface area contributed by atoms with E-state index in [2.05, 4.69) is 4.72 Å². The minimum absolute atomic E-state index is 0.0738. The summed E-state index contributed by atoms with van der Waals surface area (Å²) in [6, 6.07) is 2.52. The van der Waals surface area contributed by atoms with Gasteiger partial charge in [0, 0.05) is 13.2 Å². The van der Waals surface area contributed by atoms with Gasteiger partial charge in [0.15, 0.2) is 0 Å². The summed E-state index contributed by atoms with van der Waals surface area (Å²) in [5, 5.41) is 17.5. The number of carbonyl (C=O) groups is 1. The van der Waals surface area contributed by atoms with E-state index in [0.29, 0.717) is 0 Å². The highest BCUT2D eigenvalue weighted by Gasteiger charge is 2.21. The van der Waals surface area contributed by atoms with E-state index in [1.165, 1.54) is 0 Å². The van der Waals surface area contributed by atoms with Gasteiger partial charge in [-0.05, 0) is 24.1 Å². The zero-order valence-corrected chi connectivity index (χ0v) is 10.9. The van der Waals surface area contributed by atoms with E-state index in [-0.39, 0.29) is 24.6 Å². The molecule has 1 aromatic carbocycles. The van der Waals surface area contributed by atoms with Gasteiger partial charge in [-0.3, -0.25) is 0 Å². The molecular weight excluding hydrogens is 277 g/mol. The van der Waals surface area contributed by atoms with Crippen LogP contribution in [0.2, 0.25) is 0 Å². The van der Waals surface area contributed by atoms with Gasteiger partial charge in [-0.25, -0.2) is 22.3 Å². The predicted molar refractivity (Wildman–Crippen MR) is 64.8 cm³/mol. The Hall–Kier alpha value is -1.51. The molecule has 1 unspecified atom stereocenters. The summed E-state index contributed by atoms with van der Waals surface area (Å²) in [6.45, 7) is 1.31. The summed E-state index contributed by atoms with van der Waals surface area (Å²) in [5.41, 5.74) is -0.322. The minimum atomic E-state index is -4.15. The predicted octanol–water partition coefficient (Wildman–Crippen LogP) is 0.431. The lowest BCUT2D eigenvalue weighted by molar-refractivity contribution is 0.0696. The number of nitrogens with one attached hydrogen (secondary N) is 1. The van der Waals surface area contributed by atoms with Gasteiger partial charge in [0.1, 0.15) is 10.7 Å². The molecule has 6 nitrogen and oxygen atoms in total. The molecule has 0 radical (unpaired) electrons. The second-order valence-electron chi connectivity index (χ2n) is 4.09. The van der Waals surface area contributed by atoms with E-state index in [1.807, 2.05) is 0 Å². The molecule has 0 amide bonds. The van der Waals surface area contributed by atoms with Gasteiger partial charge in [0.05, 0.1) is 5.56 Å². The number of hydrogen-bond donors (Lipinski definition) is 3. The Morgan fingerprint density at radius 2 is 2.11 bits per heavy atom. The number of rotatable bonds is 6. The van der Waals surface area contributed by atoms with Gasteiger partial charge in [0.25, 0.3) is 0 Å². The molecule has 1 atom stereocenters. The number of hydrogen-bond acceptors (Lipinski definition) is 4. The summed E-state index contributed by atoms with van der Waals surface area (Å²) in [6.07, 6.45) is 0. The van der Waals surface area contributed by atoms with Crippen LogP contribution in [0.3, 0.4) is 0 Å². The quantitative estimate of drug-likeness (QED) is 0.705. The molecule has 0 saturated carbocycles. The summed E-state index contributed by atoms with van der Waals surface area (Å²) in [7, 11) is -4.15. The molecule has 106 valence electrons. The molecule has 0 spiro atoms. The highest BCUT2D eigenvalue weighted by atomic mass is 32.2. The maximum Gasteiger partial charge on any atom is 0.335 e. The van der Waals surface area contributed by atoms with E-state index < -0.39 is 26.7 Å². The maximum absolute atomic E-state index is 13.5. The van der Waals surface area contributed by atoms with Crippen molar-refractivity contribution in [2.24, 2.45) is 5.92 Å². The fraction of sp³-hybridized carbons (Fsp3) is 0.364. The zero-order chi connectivity index (χ0) is 14.6. The van der Waals surface area contributed by atoms with Gasteiger partial charge >= 0.3 is 5.97 Å². The first-order chi connectivity index (χ1) is 8.77. The third-order valence-electron chi connectivity index (χ3n) is 2.40. The van der Waals surface area contributed by atoms with Crippen molar-refractivity contribution in [1.29, 1.82) is 0 Å². The van der Waals surface area contributed by atoms with Crippen LogP contribution in [0.4, 0.5) is 4.39 Å². The smallest absolute Gasteiger partial charge is 0.335 e. The Kier molecular flexibility index (Phi) is 4.98. The van der Waals surface area contributed by atoms with Gasteiger partial charge < -0.3 is 10.2 Å². The summed E-state index contributed by atoms with van der Waals surface area (Å²) >= 11 is 0. The monoisotopic (exact) mass is 291 g/mol. The molecule has 8 heteroatoms. The van der Waals surface area contributed by atoms with Crippen LogP contribution in [0.15, 0.2) is 23.1 Å². The van der Waals surface area contributed by atoms with E-state index >= 15 is 0 Å². The largest absolute Gasteiger partial charge is 0.478 e. The summed E-state index contributed by atoms with van der Waals surface area (Å²) < 4.78 is 39.2. The Labute approximate surface area is 109 Å². The fourth-order valence-electron chi connectivity index (χ4n) is 1.24. The lowest BCUT2D eigenvalue weighted by Crippen LogP contribution is -2.30. The van der Waals surface area contributed by atoms with Crippen LogP contribution in [-0.2, 0) is 10.0 Å². The highest BCUT2D eigenvalue weighted by molar-refractivity contribution is 7.89. The van der Waals surface area contributed by atoms with Crippen molar-refractivity contribution in [3.05, 3.63) is 29.6 Å². The molecule has 0 saturated heterocycles. The zero-order valence-electron chi connectivity index (χ0n) is 10.1. The number of sulfonamides is 1. The molecular formula is C11H14FNO5S. The van der Waals surface area contributed by atoms with Crippen LogP contribution in [0.5, 0.6) is 0 Å². The van der Waals surface area contributed by atoms with Crippen molar-refractivity contribution in [2.75, 3.05) is 13.2 Å². The van der Waals surface area contributed by atoms with Gasteiger partial charge in [0.2, 0.25) is 10.0 Å². The van der Waals surface area contributed by atoms with Crippen LogP contribution in [0.25, 0.3) is 0 Å². The Bertz CT molecular complexity index is 572. The van der Waals surface area contributed by atoms with Gasteiger partial charge in [-0.15, -0.1) is 0 Å². The number of halogens is 1. The Morgan fingerprint density at radius 1 is 1.47 bits per heavy atom. The van der Waals surface area contributed by atoms with E-state index in [4.69, 9.17) is 10.2 Å². The van der Waals surface area contributed by atoms with Crippen molar-refractivity contribution >= 4 is 16.0 Å². The Morgan fingerprint density at radius 3 is 2.63 bits per heavy atom. The van der Waals surface area contributed by atoms with E-state index in [0.717, 1.165) is 18.2 Å². The SMILES string of the molecule is CC(CO)CNS(=O)(=O)c1cc(C(=O)O)ccc1F. The van der Waals surface area contributed by atoms with Gasteiger partial charge in [-0.2, -0.15) is 0 Å². The highest BCUT2D eigenvalue weighted by Crippen LogP contribution is 2.16. The average molecular weight is 291 g/mol. The molecule has 1 rings (SSSR count). The lowest BCUT2D eigenvalue weighted by atomic mass is 10.2.